The maximum absolute atomic E-state index is 13.0. The Morgan fingerprint density at radius 2 is 1.81 bits per heavy atom. The Bertz CT molecular complexity index is 892. The van der Waals surface area contributed by atoms with Gasteiger partial charge in [0.15, 0.2) is 0 Å². The van der Waals surface area contributed by atoms with E-state index < -0.39 is 10.0 Å². The molecule has 0 N–H and O–H groups in total. The lowest BCUT2D eigenvalue weighted by Gasteiger charge is -2.23. The Hall–Kier alpha value is -2.25. The smallest absolute Gasteiger partial charge is 0.254 e. The molecule has 0 saturated heterocycles. The molecule has 0 atom stereocenters. The molecule has 6 nitrogen and oxygen atoms in total. The number of amides is 1. The normalized spacial score (nSPS) is 14.6. The molecule has 1 saturated carbocycles. The van der Waals surface area contributed by atoms with Crippen LogP contribution < -0.4 is 0 Å². The van der Waals surface area contributed by atoms with Crippen molar-refractivity contribution in [2.24, 2.45) is 0 Å². The quantitative estimate of drug-likeness (QED) is 0.732. The number of pyridine rings is 1. The van der Waals surface area contributed by atoms with E-state index in [1.807, 2.05) is 36.9 Å². The van der Waals surface area contributed by atoms with Crippen LogP contribution in [0, 0.1) is 0 Å². The molecule has 0 spiro atoms. The van der Waals surface area contributed by atoms with E-state index in [1.165, 1.54) is 16.4 Å². The van der Waals surface area contributed by atoms with E-state index in [2.05, 4.69) is 4.98 Å². The summed E-state index contributed by atoms with van der Waals surface area (Å²) in [6, 6.07) is 12.0. The highest BCUT2D eigenvalue weighted by Gasteiger charge is 2.33. The number of carbonyl (C=O) groups excluding carboxylic acids is 1. The average Bonchev–Trinajstić information content (AvgIpc) is 3.51. The van der Waals surface area contributed by atoms with Gasteiger partial charge in [0.05, 0.1) is 17.1 Å². The number of benzene rings is 1. The number of hydrogen-bond acceptors (Lipinski definition) is 4. The van der Waals surface area contributed by atoms with E-state index in [-0.39, 0.29) is 22.9 Å². The van der Waals surface area contributed by atoms with Crippen LogP contribution in [0.1, 0.15) is 42.7 Å². The summed E-state index contributed by atoms with van der Waals surface area (Å²) >= 11 is 0. The molecular weight excluding hydrogens is 362 g/mol. The van der Waals surface area contributed by atoms with Crippen LogP contribution in [0.15, 0.2) is 53.6 Å². The molecule has 7 heteroatoms. The molecule has 3 rings (SSSR count). The second-order valence-corrected chi connectivity index (χ2v) is 9.12. The third kappa shape index (κ3) is 4.36. The fraction of sp³-hybridized carbons (Fsp3) is 0.400. The summed E-state index contributed by atoms with van der Waals surface area (Å²) in [6.45, 7) is 4.10. The monoisotopic (exact) mass is 387 g/mol. The van der Waals surface area contributed by atoms with Crippen molar-refractivity contribution in [2.75, 3.05) is 7.05 Å². The molecule has 1 aromatic heterocycles. The molecule has 1 aliphatic carbocycles. The van der Waals surface area contributed by atoms with E-state index >= 15 is 0 Å². The number of rotatable bonds is 7. The summed E-state index contributed by atoms with van der Waals surface area (Å²) in [5.41, 5.74) is 1.33. The summed E-state index contributed by atoms with van der Waals surface area (Å²) in [5, 5.41) is 0. The predicted octanol–water partition coefficient (Wildman–Crippen LogP) is 2.92. The van der Waals surface area contributed by atoms with Gasteiger partial charge < -0.3 is 4.90 Å². The molecule has 0 aliphatic heterocycles. The minimum atomic E-state index is -3.56. The van der Waals surface area contributed by atoms with Crippen molar-refractivity contribution in [1.29, 1.82) is 0 Å². The fourth-order valence-corrected chi connectivity index (χ4v) is 4.17. The Labute approximate surface area is 160 Å². The summed E-state index contributed by atoms with van der Waals surface area (Å²) < 4.78 is 26.5. The van der Waals surface area contributed by atoms with Gasteiger partial charge in [-0.15, -0.1) is 0 Å². The van der Waals surface area contributed by atoms with Crippen LogP contribution in [0.3, 0.4) is 0 Å². The Kier molecular flexibility index (Phi) is 5.62. The first kappa shape index (κ1) is 19.5. The summed E-state index contributed by atoms with van der Waals surface area (Å²) in [5.74, 6) is -0.0932. The number of carbonyl (C=O) groups is 1. The maximum Gasteiger partial charge on any atom is 0.254 e. The lowest BCUT2D eigenvalue weighted by Crippen LogP contribution is -2.34. The van der Waals surface area contributed by atoms with Gasteiger partial charge in [0.25, 0.3) is 5.91 Å². The van der Waals surface area contributed by atoms with Crippen molar-refractivity contribution < 1.29 is 13.2 Å². The largest absolute Gasteiger partial charge is 0.330 e. The minimum Gasteiger partial charge on any atom is -0.330 e. The van der Waals surface area contributed by atoms with Crippen LogP contribution in [-0.2, 0) is 16.6 Å². The number of sulfonamides is 1. The molecule has 144 valence electrons. The molecule has 1 aliphatic rings. The van der Waals surface area contributed by atoms with Crippen molar-refractivity contribution in [2.45, 2.75) is 50.2 Å². The topological polar surface area (TPSA) is 70.6 Å². The van der Waals surface area contributed by atoms with Gasteiger partial charge in [0.2, 0.25) is 10.0 Å². The van der Waals surface area contributed by atoms with Crippen LogP contribution in [0.2, 0.25) is 0 Å². The van der Waals surface area contributed by atoms with Crippen molar-refractivity contribution in [3.8, 4) is 0 Å². The molecule has 1 aromatic carbocycles. The molecule has 0 unspecified atom stereocenters. The van der Waals surface area contributed by atoms with Gasteiger partial charge in [-0.25, -0.2) is 8.42 Å². The third-order valence-electron chi connectivity index (χ3n) is 4.81. The molecule has 2 aromatic rings. The van der Waals surface area contributed by atoms with Gasteiger partial charge in [-0.2, -0.15) is 4.31 Å². The Balaban J connectivity index is 1.80. The number of aromatic nitrogens is 1. The predicted molar refractivity (Wildman–Crippen MR) is 104 cm³/mol. The van der Waals surface area contributed by atoms with Crippen molar-refractivity contribution >= 4 is 15.9 Å². The summed E-state index contributed by atoms with van der Waals surface area (Å²) in [6.07, 6.45) is 3.70. The molecule has 1 amide bonds. The van der Waals surface area contributed by atoms with Crippen LogP contribution >= 0.6 is 0 Å². The first-order chi connectivity index (χ1) is 12.8. The Morgan fingerprint density at radius 1 is 1.15 bits per heavy atom. The van der Waals surface area contributed by atoms with Crippen LogP contribution in [0.4, 0.5) is 0 Å². The van der Waals surface area contributed by atoms with E-state index in [0.717, 1.165) is 18.5 Å². The molecule has 27 heavy (non-hydrogen) atoms. The maximum atomic E-state index is 13.0. The van der Waals surface area contributed by atoms with Crippen LogP contribution in [0.5, 0.6) is 0 Å². The van der Waals surface area contributed by atoms with E-state index in [4.69, 9.17) is 0 Å². The lowest BCUT2D eigenvalue weighted by atomic mass is 10.2. The molecule has 0 radical (unpaired) electrons. The SMILES string of the molecule is CC(C)N(C)S(=O)(=O)c1ccc(C(=O)N(Cc2ccccn2)C2CC2)cc1. The van der Waals surface area contributed by atoms with Crippen LogP contribution in [-0.4, -0.2) is 47.6 Å². The standard InChI is InChI=1S/C20H25N3O3S/c1-15(2)22(3)27(25,26)19-11-7-16(8-12-19)20(24)23(18-9-10-18)14-17-6-4-5-13-21-17/h4-8,11-13,15,18H,9-10,14H2,1-3H3. The number of hydrogen-bond donors (Lipinski definition) is 0. The van der Waals surface area contributed by atoms with Crippen molar-refractivity contribution in [1.82, 2.24) is 14.2 Å². The van der Waals surface area contributed by atoms with Gasteiger partial charge in [0, 0.05) is 30.9 Å². The fourth-order valence-electron chi connectivity index (χ4n) is 2.80. The van der Waals surface area contributed by atoms with Crippen molar-refractivity contribution in [3.63, 3.8) is 0 Å². The first-order valence-electron chi connectivity index (χ1n) is 9.09. The summed E-state index contributed by atoms with van der Waals surface area (Å²) in [4.78, 5) is 19.3. The van der Waals surface area contributed by atoms with Gasteiger partial charge in [-0.05, 0) is 63.1 Å². The Morgan fingerprint density at radius 3 is 2.33 bits per heavy atom. The second kappa shape index (κ2) is 7.78. The second-order valence-electron chi connectivity index (χ2n) is 7.12. The van der Waals surface area contributed by atoms with Crippen LogP contribution in [0.25, 0.3) is 0 Å². The van der Waals surface area contributed by atoms with Gasteiger partial charge in [0.1, 0.15) is 0 Å². The molecular formula is C20H25N3O3S. The third-order valence-corrected chi connectivity index (χ3v) is 6.86. The average molecular weight is 388 g/mol. The minimum absolute atomic E-state index is 0.0932. The van der Waals surface area contributed by atoms with E-state index in [0.29, 0.717) is 12.1 Å². The molecule has 1 heterocycles. The van der Waals surface area contributed by atoms with Gasteiger partial charge in [-0.3, -0.25) is 9.78 Å². The van der Waals surface area contributed by atoms with E-state index in [1.54, 1.807) is 25.4 Å². The van der Waals surface area contributed by atoms with Crippen molar-refractivity contribution in [3.05, 3.63) is 59.9 Å². The number of nitrogens with zero attached hydrogens (tertiary/aromatic N) is 3. The first-order valence-corrected chi connectivity index (χ1v) is 10.5. The highest BCUT2D eigenvalue weighted by molar-refractivity contribution is 7.89. The highest BCUT2D eigenvalue weighted by atomic mass is 32.2. The van der Waals surface area contributed by atoms with E-state index in [9.17, 15) is 13.2 Å². The highest BCUT2D eigenvalue weighted by Crippen LogP contribution is 2.30. The zero-order chi connectivity index (χ0) is 19.6. The summed E-state index contributed by atoms with van der Waals surface area (Å²) in [7, 11) is -2.00. The van der Waals surface area contributed by atoms with Gasteiger partial charge >= 0.3 is 0 Å². The zero-order valence-electron chi connectivity index (χ0n) is 15.9. The lowest BCUT2D eigenvalue weighted by molar-refractivity contribution is 0.0727. The van der Waals surface area contributed by atoms with Gasteiger partial charge in [-0.1, -0.05) is 6.07 Å². The zero-order valence-corrected chi connectivity index (χ0v) is 16.7. The molecule has 1 fully saturated rings. The molecule has 0 bridgehead atoms.